The molecule has 0 aromatic rings. The van der Waals surface area contributed by atoms with Crippen molar-refractivity contribution in [2.75, 3.05) is 7.05 Å². The largest absolute Gasteiger partial charge is 0.391 e. The second-order valence-electron chi connectivity index (χ2n) is 5.40. The number of rotatable bonds is 3. The Bertz CT molecular complexity index is 240. The molecular weight excluding hydrogens is 202 g/mol. The van der Waals surface area contributed by atoms with Gasteiger partial charge in [-0.1, -0.05) is 33.6 Å². The van der Waals surface area contributed by atoms with E-state index in [1.807, 2.05) is 14.0 Å². The minimum atomic E-state index is -0.331. The van der Waals surface area contributed by atoms with Gasteiger partial charge in [0, 0.05) is 13.0 Å². The number of carbonyl (C=O) groups is 1. The van der Waals surface area contributed by atoms with Gasteiger partial charge in [0.25, 0.3) is 0 Å². The minimum Gasteiger partial charge on any atom is -0.391 e. The van der Waals surface area contributed by atoms with Crippen molar-refractivity contribution >= 4 is 5.91 Å². The first-order valence-corrected chi connectivity index (χ1v) is 6.40. The number of nitrogens with zero attached hydrogens (tertiary/aromatic N) is 1. The lowest BCUT2D eigenvalue weighted by molar-refractivity contribution is -0.140. The van der Waals surface area contributed by atoms with Gasteiger partial charge >= 0.3 is 0 Å². The highest BCUT2D eigenvalue weighted by atomic mass is 16.3. The van der Waals surface area contributed by atoms with Gasteiger partial charge in [-0.25, -0.2) is 0 Å². The predicted molar refractivity (Wildman–Crippen MR) is 65.0 cm³/mol. The maximum atomic E-state index is 12.1. The monoisotopic (exact) mass is 227 g/mol. The molecule has 3 unspecified atom stereocenters. The first-order chi connectivity index (χ1) is 7.45. The Kier molecular flexibility index (Phi) is 4.78. The number of amides is 1. The number of likely N-dealkylation sites (N-methyl/N-ethyl adjacent to an activating group) is 1. The van der Waals surface area contributed by atoms with E-state index in [1.54, 1.807) is 4.90 Å². The van der Waals surface area contributed by atoms with Crippen molar-refractivity contribution in [2.45, 2.75) is 58.6 Å². The average Bonchev–Trinajstić information content (AvgIpc) is 2.26. The maximum Gasteiger partial charge on any atom is 0.225 e. The molecule has 0 radical (unpaired) electrons. The number of hydrogen-bond donors (Lipinski definition) is 1. The van der Waals surface area contributed by atoms with E-state index in [9.17, 15) is 9.90 Å². The molecule has 0 bridgehead atoms. The molecule has 1 N–H and O–H groups in total. The fourth-order valence-corrected chi connectivity index (χ4v) is 2.31. The van der Waals surface area contributed by atoms with E-state index in [0.29, 0.717) is 5.92 Å². The molecule has 0 aromatic heterocycles. The van der Waals surface area contributed by atoms with Crippen molar-refractivity contribution < 1.29 is 9.90 Å². The molecule has 1 saturated carbocycles. The van der Waals surface area contributed by atoms with E-state index in [2.05, 4.69) is 13.8 Å². The van der Waals surface area contributed by atoms with Crippen molar-refractivity contribution in [3.63, 3.8) is 0 Å². The van der Waals surface area contributed by atoms with Gasteiger partial charge in [0.2, 0.25) is 5.91 Å². The first-order valence-electron chi connectivity index (χ1n) is 6.40. The molecule has 0 spiro atoms. The molecule has 3 atom stereocenters. The summed E-state index contributed by atoms with van der Waals surface area (Å²) in [5.41, 5.74) is 0. The topological polar surface area (TPSA) is 40.5 Å². The summed E-state index contributed by atoms with van der Waals surface area (Å²) < 4.78 is 0. The second-order valence-corrected chi connectivity index (χ2v) is 5.40. The van der Waals surface area contributed by atoms with Crippen LogP contribution in [0.1, 0.15) is 46.5 Å². The number of aliphatic hydroxyl groups is 1. The lowest BCUT2D eigenvalue weighted by atomic mass is 9.89. The highest BCUT2D eigenvalue weighted by molar-refractivity contribution is 5.78. The Morgan fingerprint density at radius 1 is 1.25 bits per heavy atom. The zero-order valence-electron chi connectivity index (χ0n) is 10.9. The predicted octanol–water partition coefficient (Wildman–Crippen LogP) is 2.04. The molecule has 3 nitrogen and oxygen atoms in total. The molecule has 1 aliphatic rings. The van der Waals surface area contributed by atoms with Crippen LogP contribution >= 0.6 is 0 Å². The van der Waals surface area contributed by atoms with Gasteiger partial charge in [-0.15, -0.1) is 0 Å². The Morgan fingerprint density at radius 3 is 2.31 bits per heavy atom. The molecule has 1 rings (SSSR count). The third kappa shape index (κ3) is 2.97. The third-order valence-electron chi connectivity index (χ3n) is 3.93. The summed E-state index contributed by atoms with van der Waals surface area (Å²) in [4.78, 5) is 13.9. The first kappa shape index (κ1) is 13.5. The van der Waals surface area contributed by atoms with Crippen molar-refractivity contribution in [2.24, 2.45) is 11.8 Å². The third-order valence-corrected chi connectivity index (χ3v) is 3.93. The van der Waals surface area contributed by atoms with Crippen LogP contribution in [0.2, 0.25) is 0 Å². The smallest absolute Gasteiger partial charge is 0.225 e. The van der Waals surface area contributed by atoms with E-state index in [1.165, 1.54) is 0 Å². The van der Waals surface area contributed by atoms with Crippen LogP contribution in [0.5, 0.6) is 0 Å². The summed E-state index contributed by atoms with van der Waals surface area (Å²) in [7, 11) is 1.83. The van der Waals surface area contributed by atoms with Crippen LogP contribution < -0.4 is 0 Å². The van der Waals surface area contributed by atoms with E-state index < -0.39 is 0 Å². The van der Waals surface area contributed by atoms with Gasteiger partial charge in [-0.2, -0.15) is 0 Å². The van der Waals surface area contributed by atoms with Crippen molar-refractivity contribution in [3.8, 4) is 0 Å². The van der Waals surface area contributed by atoms with Gasteiger partial charge in [0.1, 0.15) is 0 Å². The van der Waals surface area contributed by atoms with E-state index >= 15 is 0 Å². The Labute approximate surface area is 98.8 Å². The zero-order valence-corrected chi connectivity index (χ0v) is 10.9. The Morgan fingerprint density at radius 2 is 1.81 bits per heavy atom. The second kappa shape index (κ2) is 5.67. The minimum absolute atomic E-state index is 0.0300. The Hall–Kier alpha value is -0.570. The zero-order chi connectivity index (χ0) is 12.3. The number of aliphatic hydroxyl groups excluding tert-OH is 1. The summed E-state index contributed by atoms with van der Waals surface area (Å²) in [6.45, 7) is 6.10. The van der Waals surface area contributed by atoms with Crippen molar-refractivity contribution in [3.05, 3.63) is 0 Å². The summed E-state index contributed by atoms with van der Waals surface area (Å²) in [6.07, 6.45) is 3.64. The van der Waals surface area contributed by atoms with Crippen molar-refractivity contribution in [1.82, 2.24) is 4.90 Å². The van der Waals surface area contributed by atoms with E-state index in [0.717, 1.165) is 25.7 Å². The fraction of sp³-hybridized carbons (Fsp3) is 0.923. The summed E-state index contributed by atoms with van der Waals surface area (Å²) in [5, 5.41) is 9.91. The Balaban J connectivity index is 2.61. The highest BCUT2D eigenvalue weighted by Crippen LogP contribution is 2.24. The van der Waals surface area contributed by atoms with Crippen LogP contribution in [0.4, 0.5) is 0 Å². The lowest BCUT2D eigenvalue weighted by Crippen LogP contribution is -2.48. The molecule has 1 fully saturated rings. The van der Waals surface area contributed by atoms with Crippen LogP contribution in [-0.4, -0.2) is 35.1 Å². The van der Waals surface area contributed by atoms with Crippen LogP contribution in [0, 0.1) is 11.8 Å². The van der Waals surface area contributed by atoms with E-state index in [-0.39, 0.29) is 24.0 Å². The summed E-state index contributed by atoms with van der Waals surface area (Å²) in [5.74, 6) is 0.566. The lowest BCUT2D eigenvalue weighted by Gasteiger charge is -2.37. The molecule has 94 valence electrons. The summed E-state index contributed by atoms with van der Waals surface area (Å²) in [6, 6.07) is 0.0300. The maximum absolute atomic E-state index is 12.1. The quantitative estimate of drug-likeness (QED) is 0.801. The highest BCUT2D eigenvalue weighted by Gasteiger charge is 2.31. The standard InChI is InChI=1S/C13H25NO2/c1-9(2)10(3)13(16)14(4)11-7-5-6-8-12(11)15/h9-12,15H,5-8H2,1-4H3. The SMILES string of the molecule is CC(C)C(C)C(=O)N(C)C1CCCCC1O. The molecule has 0 aromatic carbocycles. The molecular formula is C13H25NO2. The van der Waals surface area contributed by atoms with Gasteiger partial charge < -0.3 is 10.0 Å². The molecule has 16 heavy (non-hydrogen) atoms. The van der Waals surface area contributed by atoms with Gasteiger partial charge in [-0.05, 0) is 18.8 Å². The van der Waals surface area contributed by atoms with Crippen LogP contribution in [0.15, 0.2) is 0 Å². The fourth-order valence-electron chi connectivity index (χ4n) is 2.31. The van der Waals surface area contributed by atoms with E-state index in [4.69, 9.17) is 0 Å². The van der Waals surface area contributed by atoms with Crippen LogP contribution in [0.25, 0.3) is 0 Å². The van der Waals surface area contributed by atoms with Gasteiger partial charge in [0.05, 0.1) is 12.1 Å². The van der Waals surface area contributed by atoms with Gasteiger partial charge in [0.15, 0.2) is 0 Å². The molecule has 1 aliphatic carbocycles. The number of carbonyl (C=O) groups excluding carboxylic acids is 1. The molecule has 0 aliphatic heterocycles. The molecule has 1 amide bonds. The van der Waals surface area contributed by atoms with Crippen LogP contribution in [0.3, 0.4) is 0 Å². The van der Waals surface area contributed by atoms with Crippen LogP contribution in [-0.2, 0) is 4.79 Å². The summed E-state index contributed by atoms with van der Waals surface area (Å²) >= 11 is 0. The molecule has 3 heteroatoms. The average molecular weight is 227 g/mol. The normalized spacial score (nSPS) is 27.9. The van der Waals surface area contributed by atoms with Gasteiger partial charge in [-0.3, -0.25) is 4.79 Å². The molecule has 0 heterocycles. The van der Waals surface area contributed by atoms with Crippen molar-refractivity contribution in [1.29, 1.82) is 0 Å². The molecule has 0 saturated heterocycles. The number of hydrogen-bond acceptors (Lipinski definition) is 2.